The summed E-state index contributed by atoms with van der Waals surface area (Å²) >= 11 is 9.84. The van der Waals surface area contributed by atoms with Crippen LogP contribution in [0.2, 0.25) is 5.02 Å². The Morgan fingerprint density at radius 2 is 2.24 bits per heavy atom. The summed E-state index contributed by atoms with van der Waals surface area (Å²) in [5.41, 5.74) is 1.25. The summed E-state index contributed by atoms with van der Waals surface area (Å²) in [6.07, 6.45) is 5.19. The average molecular weight is 318 g/mol. The minimum atomic E-state index is 0.471. The number of benzene rings is 1. The zero-order valence-electron chi connectivity index (χ0n) is 9.87. The highest BCUT2D eigenvalue weighted by Crippen LogP contribution is 2.31. The molecular weight excluding hydrogens is 300 g/mol. The highest BCUT2D eigenvalue weighted by Gasteiger charge is 2.19. The fourth-order valence-corrected chi connectivity index (χ4v) is 3.34. The summed E-state index contributed by atoms with van der Waals surface area (Å²) in [6, 6.07) is 8.14. The van der Waals surface area contributed by atoms with Crippen LogP contribution in [0, 0.1) is 0 Å². The van der Waals surface area contributed by atoms with Crippen LogP contribution in [0.3, 0.4) is 0 Å². The Kier molecular flexibility index (Phi) is 5.33. The number of hydrogen-bond acceptors (Lipinski definition) is 1. The Hall–Kier alpha value is -0.0500. The molecule has 1 aromatic rings. The van der Waals surface area contributed by atoms with Gasteiger partial charge in [-0.15, -0.1) is 0 Å². The van der Waals surface area contributed by atoms with Gasteiger partial charge in [0.15, 0.2) is 0 Å². The van der Waals surface area contributed by atoms with Gasteiger partial charge in [0.05, 0.1) is 6.10 Å². The summed E-state index contributed by atoms with van der Waals surface area (Å²) in [4.78, 5) is 0. The normalized spacial score (nSPS) is 21.6. The van der Waals surface area contributed by atoms with Gasteiger partial charge in [-0.3, -0.25) is 0 Å². The molecule has 3 heteroatoms. The van der Waals surface area contributed by atoms with Gasteiger partial charge in [-0.2, -0.15) is 0 Å². The maximum atomic E-state index is 6.24. The zero-order valence-corrected chi connectivity index (χ0v) is 12.2. The SMILES string of the molecule is Clc1ccccc1C(CBr)CCC1CCCO1. The van der Waals surface area contributed by atoms with E-state index in [1.165, 1.54) is 18.4 Å². The van der Waals surface area contributed by atoms with Crippen LogP contribution in [0.4, 0.5) is 0 Å². The van der Waals surface area contributed by atoms with Crippen molar-refractivity contribution in [1.29, 1.82) is 0 Å². The smallest absolute Gasteiger partial charge is 0.0576 e. The van der Waals surface area contributed by atoms with Crippen molar-refractivity contribution in [3.63, 3.8) is 0 Å². The summed E-state index contributed by atoms with van der Waals surface area (Å²) < 4.78 is 5.67. The molecular formula is C14H18BrClO. The zero-order chi connectivity index (χ0) is 12.1. The first-order valence-electron chi connectivity index (χ1n) is 6.23. The van der Waals surface area contributed by atoms with Gasteiger partial charge in [-0.1, -0.05) is 45.7 Å². The van der Waals surface area contributed by atoms with Crippen molar-refractivity contribution in [1.82, 2.24) is 0 Å². The quantitative estimate of drug-likeness (QED) is 0.710. The molecule has 0 aliphatic carbocycles. The number of ether oxygens (including phenoxy) is 1. The van der Waals surface area contributed by atoms with Crippen LogP contribution in [0.5, 0.6) is 0 Å². The lowest BCUT2D eigenvalue weighted by molar-refractivity contribution is 0.101. The lowest BCUT2D eigenvalue weighted by Crippen LogP contribution is -2.09. The fourth-order valence-electron chi connectivity index (χ4n) is 2.38. The van der Waals surface area contributed by atoms with Gasteiger partial charge in [0.25, 0.3) is 0 Å². The summed E-state index contributed by atoms with van der Waals surface area (Å²) in [5, 5.41) is 1.84. The molecule has 17 heavy (non-hydrogen) atoms. The molecule has 0 saturated carbocycles. The molecule has 2 rings (SSSR count). The van der Waals surface area contributed by atoms with E-state index in [0.717, 1.165) is 29.8 Å². The van der Waals surface area contributed by atoms with E-state index >= 15 is 0 Å². The molecule has 0 N–H and O–H groups in total. The van der Waals surface area contributed by atoms with E-state index in [4.69, 9.17) is 16.3 Å². The van der Waals surface area contributed by atoms with Crippen LogP contribution in [-0.4, -0.2) is 18.0 Å². The largest absolute Gasteiger partial charge is 0.378 e. The van der Waals surface area contributed by atoms with E-state index in [9.17, 15) is 0 Å². The second kappa shape index (κ2) is 6.77. The lowest BCUT2D eigenvalue weighted by atomic mass is 9.94. The summed E-state index contributed by atoms with van der Waals surface area (Å²) in [6.45, 7) is 0.940. The van der Waals surface area contributed by atoms with E-state index in [2.05, 4.69) is 28.1 Å². The minimum absolute atomic E-state index is 0.471. The molecule has 1 aromatic carbocycles. The second-order valence-corrected chi connectivity index (χ2v) is 5.64. The molecule has 0 spiro atoms. The highest BCUT2D eigenvalue weighted by molar-refractivity contribution is 9.09. The Morgan fingerprint density at radius 3 is 2.88 bits per heavy atom. The number of rotatable bonds is 5. The van der Waals surface area contributed by atoms with Crippen LogP contribution in [0.1, 0.15) is 37.2 Å². The van der Waals surface area contributed by atoms with Crippen molar-refractivity contribution in [2.24, 2.45) is 0 Å². The first-order valence-corrected chi connectivity index (χ1v) is 7.73. The van der Waals surface area contributed by atoms with Gasteiger partial charge in [0, 0.05) is 17.0 Å². The van der Waals surface area contributed by atoms with Crippen molar-refractivity contribution in [2.45, 2.75) is 37.7 Å². The number of halogens is 2. The van der Waals surface area contributed by atoms with E-state index in [1.807, 2.05) is 12.1 Å². The van der Waals surface area contributed by atoms with Crippen molar-refractivity contribution in [2.75, 3.05) is 11.9 Å². The molecule has 0 aromatic heterocycles. The van der Waals surface area contributed by atoms with Crippen LogP contribution in [0.15, 0.2) is 24.3 Å². The Bertz CT molecular complexity index is 350. The molecule has 1 fully saturated rings. The first kappa shape index (κ1) is 13.4. The summed E-state index contributed by atoms with van der Waals surface area (Å²) in [5.74, 6) is 0.493. The minimum Gasteiger partial charge on any atom is -0.378 e. The van der Waals surface area contributed by atoms with E-state index in [0.29, 0.717) is 12.0 Å². The molecule has 0 amide bonds. The van der Waals surface area contributed by atoms with Gasteiger partial charge in [0.1, 0.15) is 0 Å². The molecule has 0 bridgehead atoms. The molecule has 2 unspecified atom stereocenters. The van der Waals surface area contributed by atoms with Crippen molar-refractivity contribution in [3.8, 4) is 0 Å². The Balaban J connectivity index is 1.94. The van der Waals surface area contributed by atoms with Gasteiger partial charge in [-0.05, 0) is 43.2 Å². The third-order valence-electron chi connectivity index (χ3n) is 3.39. The van der Waals surface area contributed by atoms with Crippen molar-refractivity contribution >= 4 is 27.5 Å². The predicted octanol–water partition coefficient (Wildman–Crippen LogP) is 4.78. The third kappa shape index (κ3) is 3.70. The first-order chi connectivity index (χ1) is 8.31. The molecule has 1 saturated heterocycles. The molecule has 1 aliphatic heterocycles. The standard InChI is InChI=1S/C14H18BrClO/c15-10-11(7-8-12-4-3-9-17-12)13-5-1-2-6-14(13)16/h1-2,5-6,11-12H,3-4,7-10H2. The van der Waals surface area contributed by atoms with Gasteiger partial charge in [-0.25, -0.2) is 0 Å². The fraction of sp³-hybridized carbons (Fsp3) is 0.571. The monoisotopic (exact) mass is 316 g/mol. The van der Waals surface area contributed by atoms with Crippen molar-refractivity contribution < 1.29 is 4.74 Å². The van der Waals surface area contributed by atoms with Gasteiger partial charge < -0.3 is 4.74 Å². The maximum Gasteiger partial charge on any atom is 0.0576 e. The summed E-state index contributed by atoms with van der Waals surface area (Å²) in [7, 11) is 0. The topological polar surface area (TPSA) is 9.23 Å². The van der Waals surface area contributed by atoms with Crippen LogP contribution >= 0.6 is 27.5 Å². The van der Waals surface area contributed by atoms with Crippen LogP contribution in [-0.2, 0) is 4.74 Å². The molecule has 94 valence electrons. The second-order valence-electron chi connectivity index (χ2n) is 4.59. The van der Waals surface area contributed by atoms with Crippen LogP contribution in [0.25, 0.3) is 0 Å². The molecule has 1 heterocycles. The van der Waals surface area contributed by atoms with Gasteiger partial charge in [0.2, 0.25) is 0 Å². The number of hydrogen-bond donors (Lipinski definition) is 0. The van der Waals surface area contributed by atoms with Crippen LogP contribution < -0.4 is 0 Å². The maximum absolute atomic E-state index is 6.24. The highest BCUT2D eigenvalue weighted by atomic mass is 79.9. The van der Waals surface area contributed by atoms with Crippen molar-refractivity contribution in [3.05, 3.63) is 34.9 Å². The van der Waals surface area contributed by atoms with Gasteiger partial charge >= 0.3 is 0 Å². The predicted molar refractivity (Wildman–Crippen MR) is 76.2 cm³/mol. The third-order valence-corrected chi connectivity index (χ3v) is 4.52. The molecule has 2 atom stereocenters. The lowest BCUT2D eigenvalue weighted by Gasteiger charge is -2.18. The molecule has 0 radical (unpaired) electrons. The number of alkyl halides is 1. The Labute approximate surface area is 117 Å². The van der Waals surface area contributed by atoms with E-state index in [-0.39, 0.29) is 0 Å². The van der Waals surface area contributed by atoms with E-state index < -0.39 is 0 Å². The Morgan fingerprint density at radius 1 is 1.41 bits per heavy atom. The molecule has 1 aliphatic rings. The molecule has 1 nitrogen and oxygen atoms in total. The van der Waals surface area contributed by atoms with E-state index in [1.54, 1.807) is 0 Å². The average Bonchev–Trinajstić information content (AvgIpc) is 2.85.